The SMILES string of the molecule is Cl.Cl.c1ccc(-c2cc(NCCN3CCCC3)c3ccccc3n2)cc1. The Morgan fingerprint density at radius 3 is 2.35 bits per heavy atom. The minimum absolute atomic E-state index is 0. The van der Waals surface area contributed by atoms with E-state index in [4.69, 9.17) is 4.98 Å². The average Bonchev–Trinajstić information content (AvgIpc) is 3.16. The predicted molar refractivity (Wildman–Crippen MR) is 116 cm³/mol. The third kappa shape index (κ3) is 4.67. The summed E-state index contributed by atoms with van der Waals surface area (Å²) >= 11 is 0. The number of aromatic nitrogens is 1. The summed E-state index contributed by atoms with van der Waals surface area (Å²) in [6.07, 6.45) is 2.69. The molecule has 2 aromatic carbocycles. The lowest BCUT2D eigenvalue weighted by atomic mass is 10.1. The van der Waals surface area contributed by atoms with Gasteiger partial charge in [-0.05, 0) is 38.1 Å². The van der Waals surface area contributed by atoms with Crippen LogP contribution in [0, 0.1) is 0 Å². The van der Waals surface area contributed by atoms with E-state index < -0.39 is 0 Å². The number of nitrogens with zero attached hydrogens (tertiary/aromatic N) is 2. The lowest BCUT2D eigenvalue weighted by Crippen LogP contribution is -2.26. The van der Waals surface area contributed by atoms with Crippen molar-refractivity contribution in [2.24, 2.45) is 0 Å². The summed E-state index contributed by atoms with van der Waals surface area (Å²) in [5.74, 6) is 0. The molecule has 0 amide bonds. The fourth-order valence-electron chi connectivity index (χ4n) is 3.43. The van der Waals surface area contributed by atoms with Crippen molar-refractivity contribution in [2.75, 3.05) is 31.5 Å². The molecule has 0 aliphatic carbocycles. The van der Waals surface area contributed by atoms with Crippen molar-refractivity contribution < 1.29 is 0 Å². The first kappa shape index (κ1) is 20.5. The molecule has 0 unspecified atom stereocenters. The normalized spacial score (nSPS) is 13.8. The second-order valence-electron chi connectivity index (χ2n) is 6.41. The number of hydrogen-bond acceptors (Lipinski definition) is 3. The molecule has 1 N–H and O–H groups in total. The largest absolute Gasteiger partial charge is 0.383 e. The smallest absolute Gasteiger partial charge is 0.0730 e. The van der Waals surface area contributed by atoms with Gasteiger partial charge in [-0.25, -0.2) is 4.98 Å². The summed E-state index contributed by atoms with van der Waals surface area (Å²) in [4.78, 5) is 7.38. The van der Waals surface area contributed by atoms with Crippen LogP contribution in [-0.2, 0) is 0 Å². The molecule has 1 aliphatic rings. The number of hydrogen-bond donors (Lipinski definition) is 1. The zero-order chi connectivity index (χ0) is 16.2. The number of likely N-dealkylation sites (tertiary alicyclic amines) is 1. The van der Waals surface area contributed by atoms with E-state index in [1.807, 2.05) is 6.07 Å². The fourth-order valence-corrected chi connectivity index (χ4v) is 3.43. The Bertz CT molecular complexity index is 818. The molecule has 0 saturated carbocycles. The lowest BCUT2D eigenvalue weighted by Gasteiger charge is -2.17. The molecule has 1 saturated heterocycles. The molecule has 0 radical (unpaired) electrons. The van der Waals surface area contributed by atoms with E-state index in [1.165, 1.54) is 37.0 Å². The zero-order valence-corrected chi connectivity index (χ0v) is 16.4. The van der Waals surface area contributed by atoms with Crippen LogP contribution in [0.3, 0.4) is 0 Å². The van der Waals surface area contributed by atoms with Gasteiger partial charge in [0.25, 0.3) is 0 Å². The van der Waals surface area contributed by atoms with E-state index in [9.17, 15) is 0 Å². The highest BCUT2D eigenvalue weighted by atomic mass is 35.5. The maximum absolute atomic E-state index is 4.84. The molecule has 3 nitrogen and oxygen atoms in total. The van der Waals surface area contributed by atoms with Gasteiger partial charge in [0.15, 0.2) is 0 Å². The standard InChI is InChI=1S/C21H23N3.2ClH/c1-2-8-17(9-3-1)20-16-21(18-10-4-5-11-19(18)23-20)22-12-15-24-13-6-7-14-24;;/h1-5,8-11,16H,6-7,12-15H2,(H,22,23);2*1H. The molecule has 2 heterocycles. The Morgan fingerprint density at radius 1 is 0.885 bits per heavy atom. The zero-order valence-electron chi connectivity index (χ0n) is 14.7. The molecule has 0 spiro atoms. The molecule has 1 aromatic heterocycles. The number of benzene rings is 2. The van der Waals surface area contributed by atoms with Crippen LogP contribution in [0.4, 0.5) is 5.69 Å². The molecule has 0 atom stereocenters. The molecule has 138 valence electrons. The van der Waals surface area contributed by atoms with Crippen molar-refractivity contribution in [3.8, 4) is 11.3 Å². The van der Waals surface area contributed by atoms with Gasteiger partial charge >= 0.3 is 0 Å². The van der Waals surface area contributed by atoms with Gasteiger partial charge in [0.1, 0.15) is 0 Å². The van der Waals surface area contributed by atoms with E-state index >= 15 is 0 Å². The van der Waals surface area contributed by atoms with Crippen LogP contribution in [0.1, 0.15) is 12.8 Å². The van der Waals surface area contributed by atoms with Crippen LogP contribution >= 0.6 is 24.8 Å². The highest BCUT2D eigenvalue weighted by Gasteiger charge is 2.11. The van der Waals surface area contributed by atoms with Crippen molar-refractivity contribution in [3.05, 3.63) is 60.7 Å². The van der Waals surface area contributed by atoms with Crippen LogP contribution in [0.15, 0.2) is 60.7 Å². The fraction of sp³-hybridized carbons (Fsp3) is 0.286. The van der Waals surface area contributed by atoms with E-state index in [0.717, 1.165) is 29.9 Å². The Morgan fingerprint density at radius 2 is 1.58 bits per heavy atom. The molecule has 26 heavy (non-hydrogen) atoms. The molecular formula is C21H25Cl2N3. The minimum Gasteiger partial charge on any atom is -0.383 e. The molecular weight excluding hydrogens is 365 g/mol. The first-order valence-electron chi connectivity index (χ1n) is 8.81. The van der Waals surface area contributed by atoms with E-state index in [1.54, 1.807) is 0 Å². The second-order valence-corrected chi connectivity index (χ2v) is 6.41. The molecule has 4 rings (SSSR count). The third-order valence-electron chi connectivity index (χ3n) is 4.73. The van der Waals surface area contributed by atoms with Gasteiger partial charge in [0, 0.05) is 29.7 Å². The van der Waals surface area contributed by atoms with Crippen LogP contribution in [-0.4, -0.2) is 36.1 Å². The summed E-state index contributed by atoms with van der Waals surface area (Å²) in [6.45, 7) is 4.57. The van der Waals surface area contributed by atoms with Crippen LogP contribution in [0.5, 0.6) is 0 Å². The molecule has 1 aliphatic heterocycles. The average molecular weight is 390 g/mol. The number of para-hydroxylation sites is 1. The quantitative estimate of drug-likeness (QED) is 0.645. The van der Waals surface area contributed by atoms with Crippen molar-refractivity contribution >= 4 is 41.4 Å². The first-order chi connectivity index (χ1) is 11.9. The van der Waals surface area contributed by atoms with E-state index in [-0.39, 0.29) is 24.8 Å². The lowest BCUT2D eigenvalue weighted by molar-refractivity contribution is 0.353. The van der Waals surface area contributed by atoms with Crippen molar-refractivity contribution in [2.45, 2.75) is 12.8 Å². The van der Waals surface area contributed by atoms with Gasteiger partial charge in [-0.2, -0.15) is 0 Å². The third-order valence-corrected chi connectivity index (χ3v) is 4.73. The van der Waals surface area contributed by atoms with Crippen LogP contribution < -0.4 is 5.32 Å². The topological polar surface area (TPSA) is 28.2 Å². The van der Waals surface area contributed by atoms with Gasteiger partial charge in [-0.15, -0.1) is 24.8 Å². The highest BCUT2D eigenvalue weighted by Crippen LogP contribution is 2.28. The van der Waals surface area contributed by atoms with Gasteiger partial charge in [-0.3, -0.25) is 0 Å². The van der Waals surface area contributed by atoms with Gasteiger partial charge in [0.05, 0.1) is 11.2 Å². The predicted octanol–water partition coefficient (Wildman–Crippen LogP) is 5.25. The van der Waals surface area contributed by atoms with Crippen LogP contribution in [0.25, 0.3) is 22.2 Å². The molecule has 1 fully saturated rings. The maximum Gasteiger partial charge on any atom is 0.0730 e. The second kappa shape index (κ2) is 9.77. The van der Waals surface area contributed by atoms with Crippen molar-refractivity contribution in [3.63, 3.8) is 0 Å². The van der Waals surface area contributed by atoms with E-state index in [2.05, 4.69) is 64.8 Å². The first-order valence-corrected chi connectivity index (χ1v) is 8.81. The van der Waals surface area contributed by atoms with Crippen LogP contribution in [0.2, 0.25) is 0 Å². The monoisotopic (exact) mass is 389 g/mol. The Hall–Kier alpha value is -1.81. The summed E-state index contributed by atoms with van der Waals surface area (Å²) < 4.78 is 0. The number of pyridine rings is 1. The Balaban J connectivity index is 0.00000121. The summed E-state index contributed by atoms with van der Waals surface area (Å²) in [5.41, 5.74) is 4.41. The summed E-state index contributed by atoms with van der Waals surface area (Å²) in [5, 5.41) is 4.84. The molecule has 3 aromatic rings. The number of halogens is 2. The maximum atomic E-state index is 4.84. The number of fused-ring (bicyclic) bond motifs is 1. The summed E-state index contributed by atoms with van der Waals surface area (Å²) in [6, 6.07) is 21.0. The van der Waals surface area contributed by atoms with Gasteiger partial charge < -0.3 is 10.2 Å². The van der Waals surface area contributed by atoms with Gasteiger partial charge in [-0.1, -0.05) is 48.5 Å². The number of anilines is 1. The van der Waals surface area contributed by atoms with Crippen molar-refractivity contribution in [1.29, 1.82) is 0 Å². The van der Waals surface area contributed by atoms with Crippen molar-refractivity contribution in [1.82, 2.24) is 9.88 Å². The summed E-state index contributed by atoms with van der Waals surface area (Å²) in [7, 11) is 0. The molecule has 0 bridgehead atoms. The number of nitrogens with one attached hydrogen (secondary N) is 1. The highest BCUT2D eigenvalue weighted by molar-refractivity contribution is 5.93. The number of rotatable bonds is 5. The molecule has 5 heteroatoms. The Labute approximate surface area is 167 Å². The van der Waals surface area contributed by atoms with E-state index in [0.29, 0.717) is 0 Å². The minimum atomic E-state index is 0. The Kier molecular flexibility index (Phi) is 7.70. The van der Waals surface area contributed by atoms with Gasteiger partial charge in [0.2, 0.25) is 0 Å².